The third-order valence-corrected chi connectivity index (χ3v) is 6.45. The van der Waals surface area contributed by atoms with Crippen molar-refractivity contribution in [2.45, 2.75) is 69.9 Å². The zero-order chi connectivity index (χ0) is 14.8. The molecule has 0 radical (unpaired) electrons. The Morgan fingerprint density at radius 3 is 1.83 bits per heavy atom. The fraction of sp³-hybridized carbons (Fsp3) is 0.800. The van der Waals surface area contributed by atoms with Gasteiger partial charge < -0.3 is 4.74 Å². The van der Waals surface area contributed by atoms with E-state index in [-0.39, 0.29) is 20.1 Å². The van der Waals surface area contributed by atoms with Crippen molar-refractivity contribution in [1.29, 1.82) is 0 Å². The van der Waals surface area contributed by atoms with Crippen LogP contribution in [-0.4, -0.2) is 25.7 Å². The van der Waals surface area contributed by atoms with Gasteiger partial charge in [-0.05, 0) is 20.8 Å². The lowest BCUT2D eigenvalue weighted by Crippen LogP contribution is -2.22. The average Bonchev–Trinajstić information content (AvgIpc) is 2.24. The Bertz CT molecular complexity index is 225. The van der Waals surface area contributed by atoms with E-state index in [4.69, 9.17) is 4.74 Å². The van der Waals surface area contributed by atoms with E-state index >= 15 is 0 Å². The van der Waals surface area contributed by atoms with E-state index in [1.54, 1.807) is 5.28 Å². The highest BCUT2D eigenvalue weighted by atomic mass is 27.2. The second-order valence-electron chi connectivity index (χ2n) is 6.05. The summed E-state index contributed by atoms with van der Waals surface area (Å²) in [5.41, 5.74) is -0.398. The lowest BCUT2D eigenvalue weighted by molar-refractivity contribution is -0.148. The van der Waals surface area contributed by atoms with Crippen LogP contribution in [0.3, 0.4) is 0 Å². The molecule has 0 aromatic heterocycles. The molecule has 2 nitrogen and oxygen atoms in total. The van der Waals surface area contributed by atoms with Gasteiger partial charge in [0, 0.05) is 6.08 Å². The summed E-state index contributed by atoms with van der Waals surface area (Å²) < 4.78 is 4.83. The first kappa shape index (κ1) is 20.1. The smallest absolute Gasteiger partial charge is 0.330 e. The lowest BCUT2D eigenvalue weighted by Gasteiger charge is -2.17. The van der Waals surface area contributed by atoms with Crippen molar-refractivity contribution in [1.82, 2.24) is 0 Å². The predicted octanol–water partition coefficient (Wildman–Crippen LogP) is 4.69. The van der Waals surface area contributed by atoms with Crippen molar-refractivity contribution in [2.75, 3.05) is 0 Å². The first-order chi connectivity index (χ1) is 8.16. The van der Waals surface area contributed by atoms with Crippen LogP contribution < -0.4 is 0 Å². The van der Waals surface area contributed by atoms with Crippen LogP contribution in [0.15, 0.2) is 12.7 Å². The minimum absolute atomic E-state index is 0.250. The normalized spacial score (nSPS) is 10.4. The van der Waals surface area contributed by atoms with Crippen molar-refractivity contribution < 1.29 is 9.53 Å². The van der Waals surface area contributed by atoms with E-state index in [9.17, 15) is 4.79 Å². The Balaban J connectivity index is 0. The Kier molecular flexibility index (Phi) is 11.9. The van der Waals surface area contributed by atoms with E-state index in [1.807, 2.05) is 20.8 Å². The van der Waals surface area contributed by atoms with Gasteiger partial charge >= 0.3 is 5.97 Å². The fourth-order valence-corrected chi connectivity index (χ4v) is 4.21. The quantitative estimate of drug-likeness (QED) is 0.411. The number of ether oxygens (including phenoxy) is 1. The van der Waals surface area contributed by atoms with Gasteiger partial charge in [0.15, 0.2) is 0 Å². The summed E-state index contributed by atoms with van der Waals surface area (Å²) in [6.07, 6.45) is 1.16. The van der Waals surface area contributed by atoms with Gasteiger partial charge in [-0.1, -0.05) is 56.0 Å². The molecule has 0 aromatic carbocycles. The summed E-state index contributed by atoms with van der Waals surface area (Å²) >= 11 is -0.250. The maximum absolute atomic E-state index is 10.5. The molecule has 0 rings (SSSR count). The average molecular weight is 270 g/mol. The van der Waals surface area contributed by atoms with Gasteiger partial charge in [0.1, 0.15) is 5.60 Å². The SMILES string of the molecule is C=CC(=O)OC(C)(C)C.C[CH2][Al]([CH2]C)[CH2]C(C)C. The van der Waals surface area contributed by atoms with Crippen molar-refractivity contribution in [3.8, 4) is 0 Å². The molecule has 3 heteroatoms. The van der Waals surface area contributed by atoms with Crippen molar-refractivity contribution in [2.24, 2.45) is 5.92 Å². The minimum Gasteiger partial charge on any atom is -0.457 e. The summed E-state index contributed by atoms with van der Waals surface area (Å²) in [6, 6.07) is 0. The molecule has 0 aliphatic carbocycles. The third kappa shape index (κ3) is 15.7. The van der Waals surface area contributed by atoms with Gasteiger partial charge in [-0.3, -0.25) is 0 Å². The molecule has 0 atom stereocenters. The molecule has 0 saturated heterocycles. The molecule has 0 aliphatic heterocycles. The highest BCUT2D eigenvalue weighted by Crippen LogP contribution is 2.11. The Morgan fingerprint density at radius 2 is 1.72 bits per heavy atom. The summed E-state index contributed by atoms with van der Waals surface area (Å²) in [7, 11) is 0. The maximum atomic E-state index is 10.5. The molecule has 106 valence electrons. The van der Waals surface area contributed by atoms with Gasteiger partial charge in [0.05, 0.1) is 0 Å². The van der Waals surface area contributed by atoms with Gasteiger partial charge in [-0.25, -0.2) is 4.79 Å². The molecule has 0 amide bonds. The van der Waals surface area contributed by atoms with Crippen LogP contribution in [0.25, 0.3) is 0 Å². The number of carbonyl (C=O) groups excluding carboxylic acids is 1. The number of hydrogen-bond acceptors (Lipinski definition) is 2. The molecule has 0 aliphatic rings. The first-order valence-electron chi connectivity index (χ1n) is 7.01. The predicted molar refractivity (Wildman–Crippen MR) is 82.4 cm³/mol. The Labute approximate surface area is 118 Å². The van der Waals surface area contributed by atoms with Gasteiger partial charge in [0.25, 0.3) is 14.1 Å². The summed E-state index contributed by atoms with van der Waals surface area (Å²) in [5.74, 6) is 0.573. The molecule has 0 aromatic rings. The maximum Gasteiger partial charge on any atom is 0.330 e. The second kappa shape index (κ2) is 10.6. The van der Waals surface area contributed by atoms with E-state index in [0.29, 0.717) is 0 Å². The van der Waals surface area contributed by atoms with E-state index < -0.39 is 5.60 Å². The summed E-state index contributed by atoms with van der Waals surface area (Å²) in [5, 5.41) is 4.54. The number of rotatable bonds is 5. The molecule has 0 N–H and O–H groups in total. The van der Waals surface area contributed by atoms with E-state index in [1.165, 1.54) is 10.6 Å². The number of carbonyl (C=O) groups is 1. The first-order valence-corrected chi connectivity index (χ1v) is 9.46. The second-order valence-corrected chi connectivity index (χ2v) is 9.89. The monoisotopic (exact) mass is 270 g/mol. The molecular weight excluding hydrogens is 239 g/mol. The van der Waals surface area contributed by atoms with E-state index in [0.717, 1.165) is 12.0 Å². The van der Waals surface area contributed by atoms with Crippen LogP contribution in [-0.2, 0) is 9.53 Å². The van der Waals surface area contributed by atoms with Gasteiger partial charge in [-0.15, -0.1) is 0 Å². The van der Waals surface area contributed by atoms with E-state index in [2.05, 4.69) is 34.3 Å². The van der Waals surface area contributed by atoms with Crippen LogP contribution in [0.5, 0.6) is 0 Å². The zero-order valence-corrected chi connectivity index (χ0v) is 14.5. The zero-order valence-electron chi connectivity index (χ0n) is 13.4. The van der Waals surface area contributed by atoms with Crippen LogP contribution in [0.2, 0.25) is 15.8 Å². The van der Waals surface area contributed by atoms with Crippen molar-refractivity contribution in [3.05, 3.63) is 12.7 Å². The summed E-state index contributed by atoms with van der Waals surface area (Å²) in [4.78, 5) is 10.5. The largest absolute Gasteiger partial charge is 0.457 e. The molecule has 0 saturated carbocycles. The minimum atomic E-state index is -0.398. The third-order valence-electron chi connectivity index (χ3n) is 2.53. The van der Waals surface area contributed by atoms with Crippen LogP contribution in [0, 0.1) is 5.92 Å². The van der Waals surface area contributed by atoms with Crippen molar-refractivity contribution in [3.63, 3.8) is 0 Å². The fourth-order valence-electron chi connectivity index (χ4n) is 1.63. The highest BCUT2D eigenvalue weighted by Gasteiger charge is 2.13. The Hall–Kier alpha value is -0.258. The number of esters is 1. The van der Waals surface area contributed by atoms with Crippen LogP contribution in [0.4, 0.5) is 0 Å². The molecule has 0 heterocycles. The molecule has 18 heavy (non-hydrogen) atoms. The topological polar surface area (TPSA) is 26.3 Å². The lowest BCUT2D eigenvalue weighted by atomic mass is 10.2. The molecule has 0 fully saturated rings. The standard InChI is InChI=1S/C7H12O2.C4H9.2C2H5.Al/c1-5-6(8)9-7(2,3)4;1-4(2)3;2*1-2;/h5H,1H2,2-4H3;4H,1H2,2-3H3;2*1H2,2H3;. The molecule has 0 bridgehead atoms. The van der Waals surface area contributed by atoms with Gasteiger partial charge in [0.2, 0.25) is 0 Å². The Morgan fingerprint density at radius 1 is 1.28 bits per heavy atom. The summed E-state index contributed by atoms with van der Waals surface area (Å²) in [6.45, 7) is 18.1. The van der Waals surface area contributed by atoms with Gasteiger partial charge in [-0.2, -0.15) is 0 Å². The molecular formula is C15H31AlO2. The van der Waals surface area contributed by atoms with Crippen LogP contribution in [0.1, 0.15) is 48.5 Å². The molecule has 0 unspecified atom stereocenters. The number of hydrogen-bond donors (Lipinski definition) is 0. The highest BCUT2D eigenvalue weighted by molar-refractivity contribution is 6.58. The van der Waals surface area contributed by atoms with Crippen molar-refractivity contribution >= 4 is 20.1 Å². The molecule has 0 spiro atoms. The van der Waals surface area contributed by atoms with Crippen LogP contribution >= 0.6 is 0 Å².